The summed E-state index contributed by atoms with van der Waals surface area (Å²) in [6, 6.07) is 5.76. The lowest BCUT2D eigenvalue weighted by molar-refractivity contribution is -0.0778. The molecule has 0 radical (unpaired) electrons. The Bertz CT molecular complexity index is 763. The summed E-state index contributed by atoms with van der Waals surface area (Å²) in [4.78, 5) is 14.9. The molecule has 3 unspecified atom stereocenters. The van der Waals surface area contributed by atoms with Gasteiger partial charge in [-0.05, 0) is 33.8 Å². The van der Waals surface area contributed by atoms with E-state index in [4.69, 9.17) is 20.8 Å². The molecule has 1 saturated heterocycles. The molecule has 1 aromatic carbocycles. The molecule has 0 spiro atoms. The van der Waals surface area contributed by atoms with E-state index in [0.29, 0.717) is 22.9 Å². The third-order valence-corrected chi connectivity index (χ3v) is 5.05. The van der Waals surface area contributed by atoms with Crippen LogP contribution < -0.4 is 5.32 Å². The average molecular weight is 365 g/mol. The van der Waals surface area contributed by atoms with Crippen LogP contribution in [0, 0.1) is 6.92 Å². The van der Waals surface area contributed by atoms with Crippen molar-refractivity contribution in [3.63, 3.8) is 0 Å². The van der Waals surface area contributed by atoms with Crippen LogP contribution in [0.3, 0.4) is 0 Å². The summed E-state index contributed by atoms with van der Waals surface area (Å²) in [6.07, 6.45) is 0.420. The zero-order chi connectivity index (χ0) is 18.1. The maximum Gasteiger partial charge on any atom is 0.287 e. The molecule has 3 atom stereocenters. The molecule has 1 fully saturated rings. The Hall–Kier alpha value is -1.56. The first-order valence-electron chi connectivity index (χ1n) is 8.72. The van der Waals surface area contributed by atoms with Crippen molar-refractivity contribution >= 4 is 28.5 Å². The quantitative estimate of drug-likeness (QED) is 0.900. The Morgan fingerprint density at radius 2 is 2.04 bits per heavy atom. The van der Waals surface area contributed by atoms with Crippen molar-refractivity contribution in [1.29, 1.82) is 0 Å². The van der Waals surface area contributed by atoms with Crippen molar-refractivity contribution in [2.75, 3.05) is 19.6 Å². The molecule has 1 amide bonds. The molecule has 5 nitrogen and oxygen atoms in total. The lowest BCUT2D eigenvalue weighted by Gasteiger charge is -2.38. The minimum atomic E-state index is -0.203. The van der Waals surface area contributed by atoms with Crippen LogP contribution in [0.2, 0.25) is 5.02 Å². The lowest BCUT2D eigenvalue weighted by Crippen LogP contribution is -2.52. The van der Waals surface area contributed by atoms with Gasteiger partial charge in [-0.15, -0.1) is 0 Å². The van der Waals surface area contributed by atoms with E-state index in [2.05, 4.69) is 31.0 Å². The summed E-state index contributed by atoms with van der Waals surface area (Å²) in [5.74, 6) is 0.130. The molecule has 1 aromatic heterocycles. The molecule has 0 saturated carbocycles. The third-order valence-electron chi connectivity index (χ3n) is 4.75. The normalized spacial score (nSPS) is 22.9. The smallest absolute Gasteiger partial charge is 0.287 e. The number of hydrogen-bond donors (Lipinski definition) is 1. The van der Waals surface area contributed by atoms with Crippen LogP contribution in [-0.2, 0) is 4.74 Å². The second-order valence-corrected chi connectivity index (χ2v) is 7.35. The van der Waals surface area contributed by atoms with Gasteiger partial charge in [0.2, 0.25) is 0 Å². The van der Waals surface area contributed by atoms with E-state index in [9.17, 15) is 4.79 Å². The predicted octanol–water partition coefficient (Wildman–Crippen LogP) is 3.62. The number of carbonyl (C=O) groups excluding carboxylic acids is 1. The first kappa shape index (κ1) is 18.2. The Morgan fingerprint density at radius 1 is 1.36 bits per heavy atom. The summed E-state index contributed by atoms with van der Waals surface area (Å²) in [6.45, 7) is 10.5. The molecule has 1 aliphatic heterocycles. The van der Waals surface area contributed by atoms with Crippen LogP contribution in [0.4, 0.5) is 0 Å². The molecule has 1 N–H and O–H groups in total. The zero-order valence-electron chi connectivity index (χ0n) is 15.1. The van der Waals surface area contributed by atoms with Crippen LogP contribution in [0.5, 0.6) is 0 Å². The Morgan fingerprint density at radius 3 is 2.68 bits per heavy atom. The summed E-state index contributed by atoms with van der Waals surface area (Å²) in [5, 5.41) is 4.38. The van der Waals surface area contributed by atoms with Gasteiger partial charge >= 0.3 is 0 Å². The van der Waals surface area contributed by atoms with Gasteiger partial charge in [-0.1, -0.05) is 23.7 Å². The average Bonchev–Trinajstić information content (AvgIpc) is 2.90. The van der Waals surface area contributed by atoms with E-state index in [1.165, 1.54) is 0 Å². The first-order valence-corrected chi connectivity index (χ1v) is 9.10. The SMILES string of the molecule is Cc1c(C(=O)NCC(C)N2CC(C)OC(C)C2)oc2c(Cl)cccc12. The number of furan rings is 1. The van der Waals surface area contributed by atoms with Gasteiger partial charge in [0.1, 0.15) is 0 Å². The highest BCUT2D eigenvalue weighted by Gasteiger charge is 2.26. The second-order valence-electron chi connectivity index (χ2n) is 6.94. The van der Waals surface area contributed by atoms with Crippen molar-refractivity contribution in [3.8, 4) is 0 Å². The van der Waals surface area contributed by atoms with Gasteiger partial charge in [0.15, 0.2) is 11.3 Å². The molecule has 2 aromatic rings. The number of nitrogens with zero attached hydrogens (tertiary/aromatic N) is 1. The number of aryl methyl sites for hydroxylation is 1. The van der Waals surface area contributed by atoms with Gasteiger partial charge in [0, 0.05) is 36.6 Å². The van der Waals surface area contributed by atoms with Crippen LogP contribution in [0.25, 0.3) is 11.0 Å². The Kier molecular flexibility index (Phi) is 5.37. The fourth-order valence-corrected chi connectivity index (χ4v) is 3.67. The molecule has 0 bridgehead atoms. The number of benzene rings is 1. The van der Waals surface area contributed by atoms with E-state index in [1.807, 2.05) is 19.1 Å². The number of para-hydroxylation sites is 1. The van der Waals surface area contributed by atoms with Crippen molar-refractivity contribution < 1.29 is 13.9 Å². The highest BCUT2D eigenvalue weighted by molar-refractivity contribution is 6.35. The first-order chi connectivity index (χ1) is 11.9. The number of fused-ring (bicyclic) bond motifs is 1. The molecule has 2 heterocycles. The van der Waals surface area contributed by atoms with Crippen molar-refractivity contribution in [2.45, 2.75) is 45.9 Å². The standard InChI is InChI=1S/C19H25ClN2O3/c1-11(22-9-12(2)24-13(3)10-22)8-21-19(23)17-14(4)15-6-5-7-16(20)18(15)25-17/h5-7,11-13H,8-10H2,1-4H3,(H,21,23). The summed E-state index contributed by atoms with van der Waals surface area (Å²) >= 11 is 6.16. The van der Waals surface area contributed by atoms with Crippen LogP contribution >= 0.6 is 11.6 Å². The van der Waals surface area contributed by atoms with Gasteiger partial charge < -0.3 is 14.5 Å². The lowest BCUT2D eigenvalue weighted by atomic mass is 10.1. The minimum Gasteiger partial charge on any atom is -0.449 e. The maximum absolute atomic E-state index is 12.6. The molecule has 0 aliphatic carbocycles. The molecule has 1 aliphatic rings. The fourth-order valence-electron chi connectivity index (χ4n) is 3.45. The van der Waals surface area contributed by atoms with Crippen LogP contribution in [-0.4, -0.2) is 48.7 Å². The highest BCUT2D eigenvalue weighted by atomic mass is 35.5. The van der Waals surface area contributed by atoms with Crippen molar-refractivity contribution in [3.05, 3.63) is 34.5 Å². The Labute approximate surface area is 153 Å². The van der Waals surface area contributed by atoms with Gasteiger partial charge in [-0.25, -0.2) is 0 Å². The van der Waals surface area contributed by atoms with Gasteiger partial charge in [0.05, 0.1) is 17.2 Å². The summed E-state index contributed by atoms with van der Waals surface area (Å²) in [5.41, 5.74) is 1.38. The van der Waals surface area contributed by atoms with Gasteiger partial charge in [-0.2, -0.15) is 0 Å². The van der Waals surface area contributed by atoms with Crippen LogP contribution in [0.15, 0.2) is 22.6 Å². The maximum atomic E-state index is 12.6. The molecule has 25 heavy (non-hydrogen) atoms. The van der Waals surface area contributed by atoms with E-state index in [-0.39, 0.29) is 24.2 Å². The van der Waals surface area contributed by atoms with Crippen molar-refractivity contribution in [1.82, 2.24) is 10.2 Å². The number of hydrogen-bond acceptors (Lipinski definition) is 4. The van der Waals surface area contributed by atoms with E-state index in [1.54, 1.807) is 6.07 Å². The number of halogens is 1. The number of amides is 1. The predicted molar refractivity (Wildman–Crippen MR) is 99.3 cm³/mol. The number of nitrogens with one attached hydrogen (secondary N) is 1. The van der Waals surface area contributed by atoms with Gasteiger partial charge in [-0.3, -0.25) is 9.69 Å². The number of rotatable bonds is 4. The number of ether oxygens (including phenoxy) is 1. The molecule has 136 valence electrons. The molecular formula is C19H25ClN2O3. The fraction of sp³-hybridized carbons (Fsp3) is 0.526. The highest BCUT2D eigenvalue weighted by Crippen LogP contribution is 2.30. The zero-order valence-corrected chi connectivity index (χ0v) is 15.9. The van der Waals surface area contributed by atoms with Crippen LogP contribution in [0.1, 0.15) is 36.9 Å². The summed E-state index contributed by atoms with van der Waals surface area (Å²) in [7, 11) is 0. The topological polar surface area (TPSA) is 54.7 Å². The summed E-state index contributed by atoms with van der Waals surface area (Å²) < 4.78 is 11.5. The van der Waals surface area contributed by atoms with Gasteiger partial charge in [0.25, 0.3) is 5.91 Å². The number of carbonyl (C=O) groups is 1. The van der Waals surface area contributed by atoms with Crippen molar-refractivity contribution in [2.24, 2.45) is 0 Å². The Balaban J connectivity index is 1.67. The van der Waals surface area contributed by atoms with E-state index in [0.717, 1.165) is 24.0 Å². The molecule has 3 rings (SSSR count). The largest absolute Gasteiger partial charge is 0.449 e. The molecular weight excluding hydrogens is 340 g/mol. The van der Waals surface area contributed by atoms with E-state index < -0.39 is 0 Å². The monoisotopic (exact) mass is 364 g/mol. The minimum absolute atomic E-state index is 0.203. The van der Waals surface area contributed by atoms with E-state index >= 15 is 0 Å². The molecule has 6 heteroatoms. The third kappa shape index (κ3) is 3.84. The second kappa shape index (κ2) is 7.36. The number of morpholine rings is 1.